The van der Waals surface area contributed by atoms with Gasteiger partial charge < -0.3 is 0 Å². The van der Waals surface area contributed by atoms with Gasteiger partial charge >= 0.3 is 0 Å². The standard InChI is InChI=1S/C14H17NS2/c1-3-4-9-16-14-15-13(10-17-14)12-7-5-11(2)6-8-12/h5-8,10H,3-4,9H2,1-2H3. The minimum Gasteiger partial charge on any atom is -0.230 e. The molecule has 0 aliphatic carbocycles. The van der Waals surface area contributed by atoms with E-state index in [0.29, 0.717) is 0 Å². The Bertz CT molecular complexity index is 459. The first kappa shape index (κ1) is 12.7. The lowest BCUT2D eigenvalue weighted by atomic mass is 10.1. The molecule has 1 aromatic heterocycles. The number of hydrogen-bond acceptors (Lipinski definition) is 3. The minimum atomic E-state index is 1.11. The summed E-state index contributed by atoms with van der Waals surface area (Å²) in [5, 5.41) is 2.15. The molecule has 0 fully saturated rings. The second-order valence-corrected chi connectivity index (χ2v) is 6.27. The zero-order valence-electron chi connectivity index (χ0n) is 10.3. The number of aryl methyl sites for hydroxylation is 1. The summed E-state index contributed by atoms with van der Waals surface area (Å²) in [4.78, 5) is 4.66. The summed E-state index contributed by atoms with van der Waals surface area (Å²) >= 11 is 3.62. The van der Waals surface area contributed by atoms with Gasteiger partial charge in [0, 0.05) is 16.7 Å². The van der Waals surface area contributed by atoms with E-state index in [2.05, 4.69) is 48.5 Å². The third-order valence-corrected chi connectivity index (χ3v) is 4.66. The van der Waals surface area contributed by atoms with E-state index in [-0.39, 0.29) is 0 Å². The second-order valence-electron chi connectivity index (χ2n) is 4.07. The van der Waals surface area contributed by atoms with Crippen molar-refractivity contribution in [2.24, 2.45) is 0 Å². The average molecular weight is 263 g/mol. The fourth-order valence-electron chi connectivity index (χ4n) is 1.48. The molecule has 0 amide bonds. The molecule has 2 rings (SSSR count). The maximum Gasteiger partial charge on any atom is 0.150 e. The quantitative estimate of drug-likeness (QED) is 0.555. The number of rotatable bonds is 5. The molecule has 17 heavy (non-hydrogen) atoms. The van der Waals surface area contributed by atoms with Gasteiger partial charge in [0.25, 0.3) is 0 Å². The number of thiazole rings is 1. The van der Waals surface area contributed by atoms with Crippen molar-refractivity contribution in [1.82, 2.24) is 4.98 Å². The first-order valence-electron chi connectivity index (χ1n) is 5.95. The summed E-state index contributed by atoms with van der Waals surface area (Å²) < 4.78 is 1.19. The average Bonchev–Trinajstić information content (AvgIpc) is 2.79. The first-order valence-corrected chi connectivity index (χ1v) is 7.81. The van der Waals surface area contributed by atoms with Crippen LogP contribution in [0.2, 0.25) is 0 Å². The molecule has 2 aromatic rings. The van der Waals surface area contributed by atoms with Crippen LogP contribution >= 0.6 is 23.1 Å². The van der Waals surface area contributed by atoms with Crippen LogP contribution in [0.15, 0.2) is 34.0 Å². The second kappa shape index (κ2) is 6.22. The lowest BCUT2D eigenvalue weighted by molar-refractivity contribution is 0.896. The van der Waals surface area contributed by atoms with Crippen LogP contribution in [-0.2, 0) is 0 Å². The highest BCUT2D eigenvalue weighted by atomic mass is 32.2. The van der Waals surface area contributed by atoms with Crippen molar-refractivity contribution < 1.29 is 0 Å². The summed E-state index contributed by atoms with van der Waals surface area (Å²) in [6.07, 6.45) is 2.52. The molecule has 90 valence electrons. The molecule has 0 aliphatic rings. The van der Waals surface area contributed by atoms with Crippen molar-refractivity contribution >= 4 is 23.1 Å². The smallest absolute Gasteiger partial charge is 0.150 e. The van der Waals surface area contributed by atoms with Crippen LogP contribution in [0, 0.1) is 6.92 Å². The predicted molar refractivity (Wildman–Crippen MR) is 77.9 cm³/mol. The van der Waals surface area contributed by atoms with E-state index < -0.39 is 0 Å². The Kier molecular flexibility index (Phi) is 4.63. The van der Waals surface area contributed by atoms with Crippen LogP contribution in [-0.4, -0.2) is 10.7 Å². The Balaban J connectivity index is 2.04. The highest BCUT2D eigenvalue weighted by Gasteiger charge is 2.04. The number of thioether (sulfide) groups is 1. The van der Waals surface area contributed by atoms with E-state index in [0.717, 1.165) is 5.69 Å². The monoisotopic (exact) mass is 263 g/mol. The van der Waals surface area contributed by atoms with E-state index in [9.17, 15) is 0 Å². The Morgan fingerprint density at radius 2 is 2.00 bits per heavy atom. The molecule has 0 saturated heterocycles. The maximum atomic E-state index is 4.66. The molecule has 0 N–H and O–H groups in total. The van der Waals surface area contributed by atoms with Gasteiger partial charge in [0.1, 0.15) is 0 Å². The van der Waals surface area contributed by atoms with Gasteiger partial charge in [0.15, 0.2) is 4.34 Å². The lowest BCUT2D eigenvalue weighted by Gasteiger charge is -1.97. The number of aromatic nitrogens is 1. The summed E-state index contributed by atoms with van der Waals surface area (Å²) in [6, 6.07) is 8.56. The predicted octanol–water partition coefficient (Wildman–Crippen LogP) is 5.01. The van der Waals surface area contributed by atoms with Crippen LogP contribution in [0.5, 0.6) is 0 Å². The van der Waals surface area contributed by atoms with Crippen LogP contribution in [0.3, 0.4) is 0 Å². The van der Waals surface area contributed by atoms with Crippen LogP contribution in [0.4, 0.5) is 0 Å². The van der Waals surface area contributed by atoms with Crippen molar-refractivity contribution in [2.75, 3.05) is 5.75 Å². The van der Waals surface area contributed by atoms with E-state index >= 15 is 0 Å². The zero-order valence-corrected chi connectivity index (χ0v) is 11.9. The SMILES string of the molecule is CCCCSc1nc(-c2ccc(C)cc2)cs1. The molecule has 3 heteroatoms. The van der Waals surface area contributed by atoms with Crippen LogP contribution in [0.25, 0.3) is 11.3 Å². The number of benzene rings is 1. The van der Waals surface area contributed by atoms with Gasteiger partial charge in [-0.15, -0.1) is 11.3 Å². The Hall–Kier alpha value is -0.800. The Morgan fingerprint density at radius 3 is 2.71 bits per heavy atom. The van der Waals surface area contributed by atoms with Crippen LogP contribution < -0.4 is 0 Å². The molecule has 0 unspecified atom stereocenters. The van der Waals surface area contributed by atoms with Gasteiger partial charge in [-0.3, -0.25) is 0 Å². The molecule has 1 nitrogen and oxygen atoms in total. The molecular formula is C14H17NS2. The summed E-state index contributed by atoms with van der Waals surface area (Å²) in [5.74, 6) is 1.18. The Labute approximate surface area is 111 Å². The summed E-state index contributed by atoms with van der Waals surface area (Å²) in [5.41, 5.74) is 3.62. The van der Waals surface area contributed by atoms with E-state index in [1.54, 1.807) is 11.3 Å². The van der Waals surface area contributed by atoms with Gasteiger partial charge in [-0.1, -0.05) is 54.9 Å². The van der Waals surface area contributed by atoms with Gasteiger partial charge in [-0.2, -0.15) is 0 Å². The van der Waals surface area contributed by atoms with E-state index in [1.165, 1.54) is 34.1 Å². The molecule has 0 atom stereocenters. The molecule has 0 bridgehead atoms. The van der Waals surface area contributed by atoms with Gasteiger partial charge in [0.2, 0.25) is 0 Å². The van der Waals surface area contributed by atoms with E-state index in [1.807, 2.05) is 11.8 Å². The number of hydrogen-bond donors (Lipinski definition) is 0. The van der Waals surface area contributed by atoms with Crippen molar-refractivity contribution in [3.63, 3.8) is 0 Å². The highest BCUT2D eigenvalue weighted by molar-refractivity contribution is 8.01. The van der Waals surface area contributed by atoms with Crippen LogP contribution in [0.1, 0.15) is 25.3 Å². The number of unbranched alkanes of at least 4 members (excludes halogenated alkanes) is 1. The van der Waals surface area contributed by atoms with Crippen molar-refractivity contribution in [2.45, 2.75) is 31.0 Å². The maximum absolute atomic E-state index is 4.66. The van der Waals surface area contributed by atoms with Gasteiger partial charge in [-0.25, -0.2) is 4.98 Å². The van der Waals surface area contributed by atoms with Gasteiger partial charge in [-0.05, 0) is 13.3 Å². The molecule has 1 heterocycles. The number of nitrogens with zero attached hydrogens (tertiary/aromatic N) is 1. The molecule has 0 radical (unpaired) electrons. The van der Waals surface area contributed by atoms with Crippen molar-refractivity contribution in [1.29, 1.82) is 0 Å². The highest BCUT2D eigenvalue weighted by Crippen LogP contribution is 2.28. The summed E-state index contributed by atoms with van der Waals surface area (Å²) in [6.45, 7) is 4.33. The molecule has 1 aromatic carbocycles. The zero-order chi connectivity index (χ0) is 12.1. The minimum absolute atomic E-state index is 1.11. The molecule has 0 saturated carbocycles. The Morgan fingerprint density at radius 1 is 1.24 bits per heavy atom. The third-order valence-electron chi connectivity index (χ3n) is 2.55. The molecule has 0 spiro atoms. The topological polar surface area (TPSA) is 12.9 Å². The largest absolute Gasteiger partial charge is 0.230 e. The summed E-state index contributed by atoms with van der Waals surface area (Å²) in [7, 11) is 0. The molecule has 0 aliphatic heterocycles. The lowest BCUT2D eigenvalue weighted by Crippen LogP contribution is -1.80. The molecular weight excluding hydrogens is 246 g/mol. The fourth-order valence-corrected chi connectivity index (χ4v) is 3.47. The third kappa shape index (κ3) is 3.58. The first-order chi connectivity index (χ1) is 8.29. The van der Waals surface area contributed by atoms with E-state index in [4.69, 9.17) is 0 Å². The van der Waals surface area contributed by atoms with Crippen molar-refractivity contribution in [3.8, 4) is 11.3 Å². The van der Waals surface area contributed by atoms with Crippen molar-refractivity contribution in [3.05, 3.63) is 35.2 Å². The normalized spacial score (nSPS) is 10.7. The van der Waals surface area contributed by atoms with Gasteiger partial charge in [0.05, 0.1) is 5.69 Å². The fraction of sp³-hybridized carbons (Fsp3) is 0.357.